The molecular formula is C57H68O4S. The van der Waals surface area contributed by atoms with Crippen molar-refractivity contribution >= 4 is 11.3 Å². The second kappa shape index (κ2) is 17.3. The van der Waals surface area contributed by atoms with E-state index in [1.807, 2.05) is 18.2 Å². The highest BCUT2D eigenvalue weighted by atomic mass is 32.1. The van der Waals surface area contributed by atoms with Gasteiger partial charge in [-0.25, -0.2) is 0 Å². The van der Waals surface area contributed by atoms with Crippen LogP contribution in [0.5, 0.6) is 23.0 Å². The number of fused-ring (bicyclic) bond motifs is 8. The normalized spacial score (nSPS) is 13.5. The fraction of sp³-hybridized carbons (Fsp3) is 0.404. The van der Waals surface area contributed by atoms with E-state index < -0.39 is 0 Å². The number of hydrogen-bond acceptors (Lipinski definition) is 5. The summed E-state index contributed by atoms with van der Waals surface area (Å²) in [4.78, 5) is 0. The number of ether oxygens (including phenoxy) is 2. The average Bonchev–Trinajstić information content (AvgIpc) is 3.70. The molecule has 0 radical (unpaired) electrons. The highest BCUT2D eigenvalue weighted by Gasteiger charge is 2.28. The van der Waals surface area contributed by atoms with Gasteiger partial charge < -0.3 is 19.7 Å². The maximum Gasteiger partial charge on any atom is 0.126 e. The van der Waals surface area contributed by atoms with E-state index in [4.69, 9.17) is 9.47 Å². The number of phenolic OH excluding ortho intramolecular Hbond substituents is 2. The van der Waals surface area contributed by atoms with Crippen LogP contribution in [-0.2, 0) is 60.4 Å². The largest absolute Gasteiger partial charge is 0.507 e. The fourth-order valence-electron chi connectivity index (χ4n) is 8.45. The number of hydrogen-bond donors (Lipinski definition) is 2. The van der Waals surface area contributed by atoms with Gasteiger partial charge in [0.05, 0.1) is 6.61 Å². The van der Waals surface area contributed by atoms with Crippen LogP contribution in [0.1, 0.15) is 161 Å². The van der Waals surface area contributed by atoms with Crippen molar-refractivity contribution in [2.75, 3.05) is 6.61 Å². The molecule has 0 atom stereocenters. The van der Waals surface area contributed by atoms with E-state index >= 15 is 0 Å². The van der Waals surface area contributed by atoms with Crippen molar-refractivity contribution in [1.29, 1.82) is 0 Å². The molecule has 1 aliphatic rings. The summed E-state index contributed by atoms with van der Waals surface area (Å²) in [6.07, 6.45) is 2.70. The maximum atomic E-state index is 12.6. The second-order valence-corrected chi connectivity index (χ2v) is 22.5. The third kappa shape index (κ3) is 10.3. The van der Waals surface area contributed by atoms with Gasteiger partial charge in [-0.1, -0.05) is 162 Å². The van der Waals surface area contributed by atoms with Gasteiger partial charge in [0.25, 0.3) is 0 Å². The van der Waals surface area contributed by atoms with Gasteiger partial charge in [-0.15, -0.1) is 0 Å². The van der Waals surface area contributed by atoms with Gasteiger partial charge in [0, 0.05) is 32.1 Å². The van der Waals surface area contributed by atoms with Crippen molar-refractivity contribution < 1.29 is 19.7 Å². The van der Waals surface area contributed by atoms with Gasteiger partial charge in [-0.3, -0.25) is 0 Å². The minimum absolute atomic E-state index is 0.163. The smallest absolute Gasteiger partial charge is 0.126 e. The summed E-state index contributed by atoms with van der Waals surface area (Å²) in [6.45, 7) is 27.9. The molecule has 62 heavy (non-hydrogen) atoms. The lowest BCUT2D eigenvalue weighted by Crippen LogP contribution is -2.17. The van der Waals surface area contributed by atoms with Gasteiger partial charge in [-0.2, -0.15) is 11.3 Å². The molecule has 7 rings (SSSR count). The molecule has 4 nitrogen and oxygen atoms in total. The number of rotatable bonds is 7. The minimum Gasteiger partial charge on any atom is -0.507 e. The highest BCUT2D eigenvalue weighted by Crippen LogP contribution is 2.44. The minimum atomic E-state index is -0.174. The van der Waals surface area contributed by atoms with Crippen molar-refractivity contribution in [3.05, 3.63) is 174 Å². The van der Waals surface area contributed by atoms with E-state index in [0.717, 1.165) is 68.0 Å². The van der Waals surface area contributed by atoms with Gasteiger partial charge in [-0.05, 0) is 116 Å². The van der Waals surface area contributed by atoms with E-state index in [-0.39, 0.29) is 21.7 Å². The number of aromatic hydroxyl groups is 2. The van der Waals surface area contributed by atoms with Gasteiger partial charge >= 0.3 is 0 Å². The molecule has 0 saturated carbocycles. The van der Waals surface area contributed by atoms with Crippen LogP contribution < -0.4 is 9.47 Å². The molecule has 2 N–H and O–H groups in total. The Hall–Kier alpha value is -5.00. The van der Waals surface area contributed by atoms with Crippen LogP contribution in [-0.4, -0.2) is 16.8 Å². The molecule has 5 aromatic carbocycles. The number of thiophene rings is 1. The first-order valence-corrected chi connectivity index (χ1v) is 23.3. The third-order valence-electron chi connectivity index (χ3n) is 12.5. The van der Waals surface area contributed by atoms with Gasteiger partial charge in [0.1, 0.15) is 29.6 Å². The Morgan fingerprint density at radius 3 is 1.15 bits per heavy atom. The molecule has 1 heterocycles. The molecule has 0 fully saturated rings. The molecule has 0 spiro atoms. The Balaban J connectivity index is 1.53. The zero-order chi connectivity index (χ0) is 44.8. The van der Waals surface area contributed by atoms with Crippen LogP contribution in [0.25, 0.3) is 0 Å². The SMILES string of the molecule is CC(C)(C)c1cc2c(O)c(c1)Cc1cc(C(C)(C)C)cc(c1OCc1ccccc1)Cc1cc(C(C)(C)C)cc(c1O)Cc1cc(C(C)(C)C)cc(c1OCCc1ccsc1)C2. The van der Waals surface area contributed by atoms with Crippen LogP contribution in [0.4, 0.5) is 0 Å². The standard InChI is InChI=1S/C57H68O4S/c1-54(2,3)46-26-38-22-42-30-48(56(7,8)9)31-43(52(42)60-20-18-37-19-21-62-35-37)23-39-27-47(55(4,5)6)29-41(51(39)59)25-45-33-49(57(10,11)12)32-44(24-40(28-46)50(38)58)53(45)61-34-36-16-14-13-15-17-36/h13-17,19,21,26-33,35,58-59H,18,20,22-25,34H2,1-12H3. The van der Waals surface area contributed by atoms with E-state index in [2.05, 4.69) is 161 Å². The van der Waals surface area contributed by atoms with Crippen LogP contribution >= 0.6 is 11.3 Å². The molecule has 0 amide bonds. The first-order chi connectivity index (χ1) is 29.0. The summed E-state index contributed by atoms with van der Waals surface area (Å²) in [5.41, 5.74) is 14.0. The van der Waals surface area contributed by atoms with E-state index in [9.17, 15) is 10.2 Å². The zero-order valence-electron chi connectivity index (χ0n) is 39.3. The Bertz CT molecular complexity index is 2420. The summed E-state index contributed by atoms with van der Waals surface area (Å²) < 4.78 is 13.9. The summed E-state index contributed by atoms with van der Waals surface area (Å²) in [5.74, 6) is 2.26. The number of phenols is 2. The molecule has 0 aliphatic heterocycles. The summed E-state index contributed by atoms with van der Waals surface area (Å²) >= 11 is 1.70. The van der Waals surface area contributed by atoms with Crippen LogP contribution in [0.3, 0.4) is 0 Å². The lowest BCUT2D eigenvalue weighted by molar-refractivity contribution is 0.300. The molecular weight excluding hydrogens is 781 g/mol. The van der Waals surface area contributed by atoms with Crippen LogP contribution in [0.15, 0.2) is 95.7 Å². The molecule has 5 heteroatoms. The predicted octanol–water partition coefficient (Wildman–Crippen LogP) is 14.2. The molecule has 1 aromatic heterocycles. The first kappa shape index (κ1) is 45.0. The van der Waals surface area contributed by atoms with Crippen molar-refractivity contribution in [3.63, 3.8) is 0 Å². The van der Waals surface area contributed by atoms with Crippen molar-refractivity contribution in [2.24, 2.45) is 0 Å². The molecule has 326 valence electrons. The summed E-state index contributed by atoms with van der Waals surface area (Å²) in [6, 6.07) is 30.4. The second-order valence-electron chi connectivity index (χ2n) is 21.7. The quantitative estimate of drug-likeness (QED) is 0.168. The Kier molecular flexibility index (Phi) is 12.6. The van der Waals surface area contributed by atoms with Crippen molar-refractivity contribution in [2.45, 2.75) is 143 Å². The summed E-state index contributed by atoms with van der Waals surface area (Å²) in [5, 5.41) is 29.5. The van der Waals surface area contributed by atoms with E-state index in [0.29, 0.717) is 50.4 Å². The summed E-state index contributed by atoms with van der Waals surface area (Å²) in [7, 11) is 0. The van der Waals surface area contributed by atoms with Crippen LogP contribution in [0, 0.1) is 0 Å². The van der Waals surface area contributed by atoms with Crippen molar-refractivity contribution in [1.82, 2.24) is 0 Å². The number of benzene rings is 5. The lowest BCUT2D eigenvalue weighted by atomic mass is 9.79. The molecule has 0 saturated heterocycles. The van der Waals surface area contributed by atoms with E-state index in [1.54, 1.807) is 11.3 Å². The maximum absolute atomic E-state index is 12.6. The van der Waals surface area contributed by atoms with Crippen molar-refractivity contribution in [3.8, 4) is 23.0 Å². The highest BCUT2D eigenvalue weighted by molar-refractivity contribution is 7.07. The zero-order valence-corrected chi connectivity index (χ0v) is 40.1. The Morgan fingerprint density at radius 2 is 0.806 bits per heavy atom. The average molecular weight is 849 g/mol. The van der Waals surface area contributed by atoms with E-state index in [1.165, 1.54) is 27.8 Å². The molecule has 6 aromatic rings. The monoisotopic (exact) mass is 848 g/mol. The lowest BCUT2D eigenvalue weighted by Gasteiger charge is -2.28. The third-order valence-corrected chi connectivity index (χ3v) is 13.2. The first-order valence-electron chi connectivity index (χ1n) is 22.4. The van der Waals surface area contributed by atoms with Crippen LogP contribution in [0.2, 0.25) is 0 Å². The Labute approximate surface area is 376 Å². The van der Waals surface area contributed by atoms with Gasteiger partial charge in [0.15, 0.2) is 0 Å². The van der Waals surface area contributed by atoms with Gasteiger partial charge in [0.2, 0.25) is 0 Å². The molecule has 1 aliphatic carbocycles. The predicted molar refractivity (Wildman–Crippen MR) is 259 cm³/mol. The topological polar surface area (TPSA) is 58.9 Å². The Morgan fingerprint density at radius 1 is 0.452 bits per heavy atom. The molecule has 0 unspecified atom stereocenters. The fourth-order valence-corrected chi connectivity index (χ4v) is 9.16. The molecule has 8 bridgehead atoms.